The van der Waals surface area contributed by atoms with Crippen molar-refractivity contribution >= 4 is 11.6 Å². The lowest BCUT2D eigenvalue weighted by Crippen LogP contribution is -2.45. The van der Waals surface area contributed by atoms with Gasteiger partial charge in [-0.05, 0) is 44.4 Å². The zero-order chi connectivity index (χ0) is 15.7. The van der Waals surface area contributed by atoms with E-state index in [1.165, 1.54) is 19.3 Å². The van der Waals surface area contributed by atoms with Crippen molar-refractivity contribution in [1.29, 1.82) is 0 Å². The van der Waals surface area contributed by atoms with Crippen molar-refractivity contribution in [3.63, 3.8) is 0 Å². The standard InChI is InChI=1S/C17H24N2O3/c1-11-4-3-5-12(2)19(11)9-15(20)13-6-7-16-14(8-13)18-17(21)10-22-16/h6-8,11-12,15,20H,3-5,9-10H2,1-2H3,(H,18,21). The van der Waals surface area contributed by atoms with E-state index in [-0.39, 0.29) is 12.5 Å². The number of hydrogen-bond acceptors (Lipinski definition) is 4. The first-order valence-electron chi connectivity index (χ1n) is 8.05. The predicted molar refractivity (Wildman–Crippen MR) is 85.0 cm³/mol. The molecule has 3 atom stereocenters. The van der Waals surface area contributed by atoms with E-state index in [4.69, 9.17) is 4.74 Å². The lowest BCUT2D eigenvalue weighted by atomic mass is 9.96. The van der Waals surface area contributed by atoms with E-state index in [0.29, 0.717) is 30.1 Å². The monoisotopic (exact) mass is 304 g/mol. The van der Waals surface area contributed by atoms with Crippen molar-refractivity contribution in [2.24, 2.45) is 0 Å². The minimum Gasteiger partial charge on any atom is -0.482 e. The summed E-state index contributed by atoms with van der Waals surface area (Å²) in [5.41, 5.74) is 1.46. The molecule has 3 unspecified atom stereocenters. The highest BCUT2D eigenvalue weighted by Gasteiger charge is 2.27. The third-order valence-corrected chi connectivity index (χ3v) is 4.78. The van der Waals surface area contributed by atoms with E-state index in [2.05, 4.69) is 24.1 Å². The maximum absolute atomic E-state index is 11.4. The van der Waals surface area contributed by atoms with Crippen LogP contribution >= 0.6 is 0 Å². The number of aliphatic hydroxyl groups excluding tert-OH is 1. The second-order valence-electron chi connectivity index (χ2n) is 6.43. The summed E-state index contributed by atoms with van der Waals surface area (Å²) in [5, 5.41) is 13.4. The van der Waals surface area contributed by atoms with Gasteiger partial charge in [0.2, 0.25) is 0 Å². The summed E-state index contributed by atoms with van der Waals surface area (Å²) in [7, 11) is 0. The number of rotatable bonds is 3. The van der Waals surface area contributed by atoms with E-state index in [1.54, 1.807) is 0 Å². The molecule has 2 aliphatic heterocycles. The molecule has 2 N–H and O–H groups in total. The summed E-state index contributed by atoms with van der Waals surface area (Å²) in [6.45, 7) is 5.13. The molecule has 0 aliphatic carbocycles. The van der Waals surface area contributed by atoms with E-state index < -0.39 is 6.10 Å². The average Bonchev–Trinajstić information content (AvgIpc) is 2.50. The quantitative estimate of drug-likeness (QED) is 0.899. The topological polar surface area (TPSA) is 61.8 Å². The molecule has 1 saturated heterocycles. The Labute approximate surface area is 131 Å². The van der Waals surface area contributed by atoms with Crippen LogP contribution in [0.2, 0.25) is 0 Å². The van der Waals surface area contributed by atoms with Crippen molar-refractivity contribution in [1.82, 2.24) is 4.90 Å². The zero-order valence-corrected chi connectivity index (χ0v) is 13.2. The Morgan fingerprint density at radius 2 is 2.09 bits per heavy atom. The van der Waals surface area contributed by atoms with Crippen LogP contribution in [0.3, 0.4) is 0 Å². The fraction of sp³-hybridized carbons (Fsp3) is 0.588. The lowest BCUT2D eigenvalue weighted by molar-refractivity contribution is -0.118. The van der Waals surface area contributed by atoms with Crippen molar-refractivity contribution in [3.8, 4) is 5.75 Å². The number of likely N-dealkylation sites (tertiary alicyclic amines) is 1. The average molecular weight is 304 g/mol. The number of ether oxygens (including phenoxy) is 1. The molecule has 0 spiro atoms. The fourth-order valence-corrected chi connectivity index (χ4v) is 3.45. The number of benzene rings is 1. The predicted octanol–water partition coefficient (Wildman–Crippen LogP) is 2.31. The Kier molecular flexibility index (Phi) is 4.36. The number of hydrogen-bond donors (Lipinski definition) is 2. The van der Waals surface area contributed by atoms with Gasteiger partial charge in [-0.1, -0.05) is 12.5 Å². The smallest absolute Gasteiger partial charge is 0.262 e. The summed E-state index contributed by atoms with van der Waals surface area (Å²) in [6, 6.07) is 6.51. The molecule has 1 aromatic rings. The van der Waals surface area contributed by atoms with Gasteiger partial charge in [-0.3, -0.25) is 9.69 Å². The number of carbonyl (C=O) groups excluding carboxylic acids is 1. The number of amides is 1. The number of anilines is 1. The number of nitrogens with one attached hydrogen (secondary N) is 1. The number of carbonyl (C=O) groups is 1. The van der Waals surface area contributed by atoms with Gasteiger partial charge in [0.05, 0.1) is 11.8 Å². The van der Waals surface area contributed by atoms with Crippen LogP contribution in [0.25, 0.3) is 0 Å². The molecule has 3 rings (SSSR count). The van der Waals surface area contributed by atoms with Crippen LogP contribution < -0.4 is 10.1 Å². The van der Waals surface area contributed by atoms with Crippen molar-refractivity contribution in [2.75, 3.05) is 18.5 Å². The first kappa shape index (κ1) is 15.3. The Morgan fingerprint density at radius 3 is 2.82 bits per heavy atom. The summed E-state index contributed by atoms with van der Waals surface area (Å²) < 4.78 is 5.35. The fourth-order valence-electron chi connectivity index (χ4n) is 3.45. The first-order chi connectivity index (χ1) is 10.5. The number of piperidine rings is 1. The van der Waals surface area contributed by atoms with E-state index >= 15 is 0 Å². The number of fused-ring (bicyclic) bond motifs is 1. The molecule has 0 radical (unpaired) electrons. The molecule has 1 aromatic carbocycles. The Hall–Kier alpha value is -1.59. The Bertz CT molecular complexity index is 551. The first-order valence-corrected chi connectivity index (χ1v) is 8.05. The summed E-state index contributed by atoms with van der Waals surface area (Å²) in [5.74, 6) is 0.507. The Morgan fingerprint density at radius 1 is 1.36 bits per heavy atom. The third kappa shape index (κ3) is 3.10. The largest absolute Gasteiger partial charge is 0.482 e. The molecule has 0 saturated carbocycles. The SMILES string of the molecule is CC1CCCC(C)N1CC(O)c1ccc2c(c1)NC(=O)CO2. The van der Waals surface area contributed by atoms with Gasteiger partial charge in [0, 0.05) is 18.6 Å². The molecule has 22 heavy (non-hydrogen) atoms. The van der Waals surface area contributed by atoms with Gasteiger partial charge in [0.15, 0.2) is 6.61 Å². The minimum atomic E-state index is -0.563. The number of nitrogens with zero attached hydrogens (tertiary/aromatic N) is 1. The van der Waals surface area contributed by atoms with Gasteiger partial charge < -0.3 is 15.2 Å². The van der Waals surface area contributed by atoms with Gasteiger partial charge in [-0.15, -0.1) is 0 Å². The molecule has 120 valence electrons. The van der Waals surface area contributed by atoms with Gasteiger partial charge in [-0.2, -0.15) is 0 Å². The van der Waals surface area contributed by atoms with Crippen LogP contribution in [0.1, 0.15) is 44.8 Å². The molecule has 0 aromatic heterocycles. The molecular formula is C17H24N2O3. The number of aliphatic hydroxyl groups is 1. The van der Waals surface area contributed by atoms with Crippen molar-refractivity contribution in [2.45, 2.75) is 51.3 Å². The molecule has 1 amide bonds. The van der Waals surface area contributed by atoms with E-state index in [0.717, 1.165) is 5.56 Å². The maximum Gasteiger partial charge on any atom is 0.262 e. The molecular weight excluding hydrogens is 280 g/mol. The van der Waals surface area contributed by atoms with Crippen molar-refractivity contribution < 1.29 is 14.6 Å². The van der Waals surface area contributed by atoms with Gasteiger partial charge in [0.25, 0.3) is 5.91 Å². The van der Waals surface area contributed by atoms with Crippen LogP contribution in [0, 0.1) is 0 Å². The highest BCUT2D eigenvalue weighted by molar-refractivity contribution is 5.95. The molecule has 2 aliphatic rings. The second kappa shape index (κ2) is 6.26. The minimum absolute atomic E-state index is 0.0533. The lowest BCUT2D eigenvalue weighted by Gasteiger charge is -2.40. The highest BCUT2D eigenvalue weighted by atomic mass is 16.5. The zero-order valence-electron chi connectivity index (χ0n) is 13.2. The third-order valence-electron chi connectivity index (χ3n) is 4.78. The van der Waals surface area contributed by atoms with Crippen LogP contribution in [0.15, 0.2) is 18.2 Å². The second-order valence-corrected chi connectivity index (χ2v) is 6.43. The summed E-state index contributed by atoms with van der Waals surface area (Å²) in [4.78, 5) is 13.8. The van der Waals surface area contributed by atoms with Gasteiger partial charge in [0.1, 0.15) is 5.75 Å². The van der Waals surface area contributed by atoms with Crippen molar-refractivity contribution in [3.05, 3.63) is 23.8 Å². The molecule has 2 heterocycles. The molecule has 5 nitrogen and oxygen atoms in total. The maximum atomic E-state index is 11.4. The molecule has 0 bridgehead atoms. The summed E-state index contributed by atoms with van der Waals surface area (Å²) in [6.07, 6.45) is 3.07. The van der Waals surface area contributed by atoms with Crippen LogP contribution in [-0.2, 0) is 4.79 Å². The Balaban J connectivity index is 1.73. The summed E-state index contributed by atoms with van der Waals surface area (Å²) >= 11 is 0. The van der Waals surface area contributed by atoms with E-state index in [1.807, 2.05) is 18.2 Å². The molecule has 1 fully saturated rings. The van der Waals surface area contributed by atoms with Gasteiger partial charge >= 0.3 is 0 Å². The normalized spacial score (nSPS) is 26.8. The highest BCUT2D eigenvalue weighted by Crippen LogP contribution is 2.32. The van der Waals surface area contributed by atoms with Crippen LogP contribution in [-0.4, -0.2) is 41.1 Å². The number of β-amino-alcohol motifs (C(OH)–C–C–N with tert-alkyl or cyclic N) is 1. The van der Waals surface area contributed by atoms with E-state index in [9.17, 15) is 9.90 Å². The van der Waals surface area contributed by atoms with Gasteiger partial charge in [-0.25, -0.2) is 0 Å². The van der Waals surface area contributed by atoms with Crippen LogP contribution in [0.4, 0.5) is 5.69 Å². The molecule has 5 heteroatoms. The van der Waals surface area contributed by atoms with Crippen LogP contribution in [0.5, 0.6) is 5.75 Å².